The van der Waals surface area contributed by atoms with Crippen LogP contribution in [0.3, 0.4) is 0 Å². The van der Waals surface area contributed by atoms with Gasteiger partial charge in [0.05, 0.1) is 24.5 Å². The van der Waals surface area contributed by atoms with Crippen LogP contribution in [0.2, 0.25) is 5.02 Å². The van der Waals surface area contributed by atoms with Gasteiger partial charge in [-0.15, -0.1) is 0 Å². The van der Waals surface area contributed by atoms with Crippen molar-refractivity contribution in [3.63, 3.8) is 0 Å². The molecule has 3 atom stereocenters. The fraction of sp³-hybridized carbons (Fsp3) is 0.333. The van der Waals surface area contributed by atoms with Gasteiger partial charge in [0.15, 0.2) is 5.17 Å². The molecule has 0 N–H and O–H groups in total. The molecule has 0 amide bonds. The maximum atomic E-state index is 6.35. The number of amidine groups is 1. The molecule has 4 heterocycles. The molecule has 0 aliphatic carbocycles. The van der Waals surface area contributed by atoms with E-state index in [1.807, 2.05) is 48.3 Å². The molecule has 5 nitrogen and oxygen atoms in total. The van der Waals surface area contributed by atoms with Crippen molar-refractivity contribution in [2.75, 3.05) is 13.7 Å². The lowest BCUT2D eigenvalue weighted by atomic mass is 9.96. The van der Waals surface area contributed by atoms with Crippen molar-refractivity contribution in [1.82, 2.24) is 14.5 Å². The van der Waals surface area contributed by atoms with Gasteiger partial charge in [-0.3, -0.25) is 9.98 Å². The summed E-state index contributed by atoms with van der Waals surface area (Å²) in [7, 11) is 1.69. The summed E-state index contributed by atoms with van der Waals surface area (Å²) in [5.74, 6) is 0.799. The molecule has 1 fully saturated rings. The number of hydrogen-bond acceptors (Lipinski definition) is 5. The molecule has 3 aromatic rings. The standard InChI is InChI=1S/C24H25ClN4OS/c1-14-11-18(16(3)29(14)20-12-17(25)8-9-21(20)30-4)23-22(19-7-5-6-10-26-19)27-24-28(23)13-15(2)31-24/h5-12,15,22-23H,13H2,1-4H3/t15-,22+,23+/m0/s1. The number of ether oxygens (including phenoxy) is 1. The summed E-state index contributed by atoms with van der Waals surface area (Å²) in [6, 6.07) is 14.2. The predicted molar refractivity (Wildman–Crippen MR) is 128 cm³/mol. The monoisotopic (exact) mass is 452 g/mol. The number of aromatic nitrogens is 2. The minimum atomic E-state index is -0.0218. The van der Waals surface area contributed by atoms with Gasteiger partial charge in [0.25, 0.3) is 0 Å². The van der Waals surface area contributed by atoms with Crippen molar-refractivity contribution in [3.8, 4) is 11.4 Å². The van der Waals surface area contributed by atoms with E-state index in [-0.39, 0.29) is 12.1 Å². The van der Waals surface area contributed by atoms with Crippen LogP contribution in [0, 0.1) is 13.8 Å². The number of hydrogen-bond donors (Lipinski definition) is 0. The summed E-state index contributed by atoms with van der Waals surface area (Å²) >= 11 is 8.21. The number of thioether (sulfide) groups is 1. The van der Waals surface area contributed by atoms with E-state index in [1.54, 1.807) is 7.11 Å². The Kier molecular flexibility index (Phi) is 5.22. The number of halogens is 1. The van der Waals surface area contributed by atoms with Gasteiger partial charge >= 0.3 is 0 Å². The molecule has 0 saturated carbocycles. The third-order valence-corrected chi connectivity index (χ3v) is 7.39. The second-order valence-corrected chi connectivity index (χ2v) is 9.96. The van der Waals surface area contributed by atoms with Crippen molar-refractivity contribution in [1.29, 1.82) is 0 Å². The summed E-state index contributed by atoms with van der Waals surface area (Å²) < 4.78 is 7.88. The van der Waals surface area contributed by atoms with E-state index in [0.29, 0.717) is 10.3 Å². The van der Waals surface area contributed by atoms with Gasteiger partial charge < -0.3 is 14.2 Å². The van der Waals surface area contributed by atoms with Gasteiger partial charge in [-0.2, -0.15) is 0 Å². The van der Waals surface area contributed by atoms with E-state index >= 15 is 0 Å². The van der Waals surface area contributed by atoms with Crippen LogP contribution in [-0.2, 0) is 0 Å². The van der Waals surface area contributed by atoms with Crippen molar-refractivity contribution in [2.45, 2.75) is 38.1 Å². The van der Waals surface area contributed by atoms with Crippen LogP contribution in [0.5, 0.6) is 5.75 Å². The Labute approximate surface area is 192 Å². The van der Waals surface area contributed by atoms with Gasteiger partial charge in [-0.05, 0) is 55.8 Å². The highest BCUT2D eigenvalue weighted by molar-refractivity contribution is 8.14. The molecule has 2 aromatic heterocycles. The minimum Gasteiger partial charge on any atom is -0.495 e. The lowest BCUT2D eigenvalue weighted by Crippen LogP contribution is -2.28. The highest BCUT2D eigenvalue weighted by Gasteiger charge is 2.44. The lowest BCUT2D eigenvalue weighted by molar-refractivity contribution is 0.320. The summed E-state index contributed by atoms with van der Waals surface area (Å²) in [5.41, 5.74) is 5.54. The highest BCUT2D eigenvalue weighted by Crippen LogP contribution is 2.49. The minimum absolute atomic E-state index is 0.0218. The number of fused-ring (bicyclic) bond motifs is 1. The van der Waals surface area contributed by atoms with Crippen molar-refractivity contribution < 1.29 is 4.74 Å². The van der Waals surface area contributed by atoms with Crippen LogP contribution >= 0.6 is 23.4 Å². The Balaban J connectivity index is 1.65. The zero-order valence-electron chi connectivity index (χ0n) is 18.0. The predicted octanol–water partition coefficient (Wildman–Crippen LogP) is 5.74. The maximum absolute atomic E-state index is 6.35. The number of aryl methyl sites for hydroxylation is 1. The largest absolute Gasteiger partial charge is 0.495 e. The van der Waals surface area contributed by atoms with Crippen molar-refractivity contribution in [3.05, 3.63) is 76.3 Å². The van der Waals surface area contributed by atoms with Crippen LogP contribution in [0.1, 0.15) is 41.7 Å². The fourth-order valence-corrected chi connectivity index (χ4v) is 6.01. The second-order valence-electron chi connectivity index (χ2n) is 8.11. The first-order chi connectivity index (χ1) is 15.0. The molecule has 5 rings (SSSR count). The van der Waals surface area contributed by atoms with Gasteiger partial charge in [0, 0.05) is 34.4 Å². The zero-order chi connectivity index (χ0) is 21.7. The smallest absolute Gasteiger partial charge is 0.160 e. The molecule has 1 aromatic carbocycles. The molecule has 2 aliphatic rings. The van der Waals surface area contributed by atoms with Crippen LogP contribution < -0.4 is 4.74 Å². The topological polar surface area (TPSA) is 42.6 Å². The Bertz CT molecular complexity index is 1160. The summed E-state index contributed by atoms with van der Waals surface area (Å²) in [6.45, 7) is 7.55. The number of methoxy groups -OCH3 is 1. The van der Waals surface area contributed by atoms with E-state index in [9.17, 15) is 0 Å². The Hall–Kier alpha value is -2.44. The van der Waals surface area contributed by atoms with E-state index < -0.39 is 0 Å². The molecule has 0 radical (unpaired) electrons. The average Bonchev–Trinajstić information content (AvgIpc) is 3.38. The normalized spacial score (nSPS) is 22.5. The van der Waals surface area contributed by atoms with Gasteiger partial charge in [-0.1, -0.05) is 36.4 Å². The number of pyridine rings is 1. The SMILES string of the molecule is COc1ccc(Cl)cc1-n1c(C)cc([C@@H]2[C@@H](c3ccccn3)N=C3S[C@@H](C)CN32)c1C. The average molecular weight is 453 g/mol. The Morgan fingerprint density at radius 2 is 2.00 bits per heavy atom. The molecule has 0 spiro atoms. The number of aliphatic imine (C=N–C) groups is 1. The number of rotatable bonds is 4. The third-order valence-electron chi connectivity index (χ3n) is 6.05. The van der Waals surface area contributed by atoms with Crippen molar-refractivity contribution >= 4 is 28.5 Å². The summed E-state index contributed by atoms with van der Waals surface area (Å²) in [5, 5.41) is 2.34. The molecular formula is C24H25ClN4OS. The Morgan fingerprint density at radius 3 is 2.74 bits per heavy atom. The first kappa shape index (κ1) is 20.5. The van der Waals surface area contributed by atoms with Gasteiger partial charge in [-0.25, -0.2) is 0 Å². The van der Waals surface area contributed by atoms with E-state index in [0.717, 1.165) is 34.5 Å². The Morgan fingerprint density at radius 1 is 1.16 bits per heavy atom. The third kappa shape index (κ3) is 3.42. The second kappa shape index (κ2) is 7.92. The number of benzene rings is 1. The zero-order valence-corrected chi connectivity index (χ0v) is 19.6. The van der Waals surface area contributed by atoms with Gasteiger partial charge in [0.1, 0.15) is 11.8 Å². The van der Waals surface area contributed by atoms with Crippen LogP contribution in [0.25, 0.3) is 5.69 Å². The molecule has 31 heavy (non-hydrogen) atoms. The lowest BCUT2D eigenvalue weighted by Gasteiger charge is -2.27. The van der Waals surface area contributed by atoms with E-state index in [1.165, 1.54) is 11.3 Å². The molecule has 0 unspecified atom stereocenters. The van der Waals surface area contributed by atoms with Crippen LogP contribution in [0.4, 0.5) is 0 Å². The van der Waals surface area contributed by atoms with Gasteiger partial charge in [0.2, 0.25) is 0 Å². The molecular weight excluding hydrogens is 428 g/mol. The summed E-state index contributed by atoms with van der Waals surface area (Å²) in [6.07, 6.45) is 1.85. The maximum Gasteiger partial charge on any atom is 0.160 e. The summed E-state index contributed by atoms with van der Waals surface area (Å²) in [4.78, 5) is 12.2. The van der Waals surface area contributed by atoms with Crippen LogP contribution in [0.15, 0.2) is 53.7 Å². The molecule has 1 saturated heterocycles. The molecule has 160 valence electrons. The molecule has 7 heteroatoms. The first-order valence-corrected chi connectivity index (χ1v) is 11.7. The molecule has 0 bridgehead atoms. The van der Waals surface area contributed by atoms with Crippen molar-refractivity contribution in [2.24, 2.45) is 4.99 Å². The number of nitrogens with zero attached hydrogens (tertiary/aromatic N) is 4. The first-order valence-electron chi connectivity index (χ1n) is 10.4. The fourth-order valence-electron chi connectivity index (χ4n) is 4.75. The van der Waals surface area contributed by atoms with E-state index in [2.05, 4.69) is 47.4 Å². The highest BCUT2D eigenvalue weighted by atomic mass is 35.5. The van der Waals surface area contributed by atoms with E-state index in [4.69, 9.17) is 21.3 Å². The van der Waals surface area contributed by atoms with Crippen LogP contribution in [-0.4, -0.2) is 38.5 Å². The molecule has 2 aliphatic heterocycles. The quantitative estimate of drug-likeness (QED) is 0.506.